The summed E-state index contributed by atoms with van der Waals surface area (Å²) in [6, 6.07) is 6.78. The number of benzene rings is 1. The molecule has 0 fully saturated rings. The van der Waals surface area contributed by atoms with Crippen LogP contribution in [-0.4, -0.2) is 19.1 Å². The molecule has 0 unspecified atom stereocenters. The molecule has 0 radical (unpaired) electrons. The Labute approximate surface area is 119 Å². The highest BCUT2D eigenvalue weighted by Gasteiger charge is 2.10. The van der Waals surface area contributed by atoms with Crippen LogP contribution in [0.5, 0.6) is 0 Å². The fraction of sp³-hybridized carbons (Fsp3) is 0.647. The van der Waals surface area contributed by atoms with Crippen LogP contribution >= 0.6 is 0 Å². The Morgan fingerprint density at radius 3 is 2.32 bits per heavy atom. The standard InChI is InChI=1S/C17H30N2/c1-13(2)12-19(7)16-9-8-15(10-14(16)3)11-18-17(4,5)6/h8-10,13,18H,11-12H2,1-7H3. The van der Waals surface area contributed by atoms with Gasteiger partial charge in [0.1, 0.15) is 0 Å². The van der Waals surface area contributed by atoms with Crippen molar-refractivity contribution in [2.24, 2.45) is 5.92 Å². The quantitative estimate of drug-likeness (QED) is 0.863. The lowest BCUT2D eigenvalue weighted by Crippen LogP contribution is -2.35. The maximum Gasteiger partial charge on any atom is 0.0393 e. The van der Waals surface area contributed by atoms with Crippen LogP contribution in [0.1, 0.15) is 45.7 Å². The van der Waals surface area contributed by atoms with Gasteiger partial charge in [-0.1, -0.05) is 26.0 Å². The molecule has 0 aliphatic carbocycles. The molecule has 1 N–H and O–H groups in total. The van der Waals surface area contributed by atoms with E-state index >= 15 is 0 Å². The molecule has 1 aromatic carbocycles. The molecular weight excluding hydrogens is 232 g/mol. The number of rotatable bonds is 5. The summed E-state index contributed by atoms with van der Waals surface area (Å²) in [5.74, 6) is 0.687. The van der Waals surface area contributed by atoms with Crippen LogP contribution in [0.25, 0.3) is 0 Å². The second-order valence-electron chi connectivity index (χ2n) is 7.00. The van der Waals surface area contributed by atoms with Gasteiger partial charge >= 0.3 is 0 Å². The maximum absolute atomic E-state index is 3.53. The van der Waals surface area contributed by atoms with E-state index in [9.17, 15) is 0 Å². The average Bonchev–Trinajstić information content (AvgIpc) is 2.24. The van der Waals surface area contributed by atoms with Crippen molar-refractivity contribution in [1.82, 2.24) is 5.32 Å². The summed E-state index contributed by atoms with van der Waals surface area (Å²) in [6.07, 6.45) is 0. The van der Waals surface area contributed by atoms with Gasteiger partial charge in [-0.3, -0.25) is 0 Å². The molecule has 2 heteroatoms. The highest BCUT2D eigenvalue weighted by atomic mass is 15.1. The topological polar surface area (TPSA) is 15.3 Å². The van der Waals surface area contributed by atoms with Gasteiger partial charge in [-0.15, -0.1) is 0 Å². The zero-order valence-corrected chi connectivity index (χ0v) is 13.7. The first-order chi connectivity index (χ1) is 8.69. The van der Waals surface area contributed by atoms with E-state index in [1.165, 1.54) is 16.8 Å². The third-order valence-electron chi connectivity index (χ3n) is 3.13. The van der Waals surface area contributed by atoms with Crippen molar-refractivity contribution in [1.29, 1.82) is 0 Å². The molecule has 0 saturated heterocycles. The van der Waals surface area contributed by atoms with Gasteiger partial charge in [0.2, 0.25) is 0 Å². The van der Waals surface area contributed by atoms with Gasteiger partial charge in [0.25, 0.3) is 0 Å². The largest absolute Gasteiger partial charge is 0.374 e. The molecule has 0 bridgehead atoms. The molecule has 0 aromatic heterocycles. The van der Waals surface area contributed by atoms with E-state index in [4.69, 9.17) is 0 Å². The van der Waals surface area contributed by atoms with E-state index < -0.39 is 0 Å². The number of hydrogen-bond acceptors (Lipinski definition) is 2. The third kappa shape index (κ3) is 5.65. The minimum Gasteiger partial charge on any atom is -0.374 e. The molecular formula is C17H30N2. The zero-order chi connectivity index (χ0) is 14.6. The number of aryl methyl sites for hydroxylation is 1. The van der Waals surface area contributed by atoms with Gasteiger partial charge in [-0.05, 0) is 50.8 Å². The Bertz CT molecular complexity index is 402. The number of nitrogens with one attached hydrogen (secondary N) is 1. The lowest BCUT2D eigenvalue weighted by atomic mass is 10.1. The summed E-state index contributed by atoms with van der Waals surface area (Å²) in [6.45, 7) is 15.3. The molecule has 0 amide bonds. The molecule has 19 heavy (non-hydrogen) atoms. The monoisotopic (exact) mass is 262 g/mol. The van der Waals surface area contributed by atoms with Gasteiger partial charge in [0, 0.05) is 31.4 Å². The van der Waals surface area contributed by atoms with E-state index in [1.807, 2.05) is 0 Å². The SMILES string of the molecule is Cc1cc(CNC(C)(C)C)ccc1N(C)CC(C)C. The van der Waals surface area contributed by atoms with Crippen LogP contribution in [0, 0.1) is 12.8 Å². The Balaban J connectivity index is 2.74. The van der Waals surface area contributed by atoms with Crippen molar-refractivity contribution in [3.63, 3.8) is 0 Å². The lowest BCUT2D eigenvalue weighted by Gasteiger charge is -2.25. The fourth-order valence-electron chi connectivity index (χ4n) is 2.27. The van der Waals surface area contributed by atoms with Crippen LogP contribution in [0.3, 0.4) is 0 Å². The zero-order valence-electron chi connectivity index (χ0n) is 13.7. The number of anilines is 1. The summed E-state index contributed by atoms with van der Waals surface area (Å²) in [7, 11) is 2.18. The molecule has 0 aliphatic rings. The second-order valence-corrected chi connectivity index (χ2v) is 7.00. The predicted molar refractivity (Wildman–Crippen MR) is 85.9 cm³/mol. The summed E-state index contributed by atoms with van der Waals surface area (Å²) in [5.41, 5.74) is 4.22. The molecule has 0 spiro atoms. The van der Waals surface area contributed by atoms with Crippen molar-refractivity contribution in [2.45, 2.75) is 53.6 Å². The Hall–Kier alpha value is -1.02. The predicted octanol–water partition coefficient (Wildman–Crippen LogP) is 3.98. The van der Waals surface area contributed by atoms with Crippen LogP contribution in [-0.2, 0) is 6.54 Å². The Kier molecular flexibility index (Phi) is 5.42. The number of hydrogen-bond donors (Lipinski definition) is 1. The number of nitrogens with zero attached hydrogens (tertiary/aromatic N) is 1. The summed E-state index contributed by atoms with van der Waals surface area (Å²) >= 11 is 0. The minimum atomic E-state index is 0.168. The summed E-state index contributed by atoms with van der Waals surface area (Å²) < 4.78 is 0. The lowest BCUT2D eigenvalue weighted by molar-refractivity contribution is 0.424. The average molecular weight is 262 g/mol. The van der Waals surface area contributed by atoms with E-state index in [1.54, 1.807) is 0 Å². The van der Waals surface area contributed by atoms with Crippen molar-refractivity contribution in [2.75, 3.05) is 18.5 Å². The maximum atomic E-state index is 3.53. The third-order valence-corrected chi connectivity index (χ3v) is 3.13. The summed E-state index contributed by atoms with van der Waals surface area (Å²) in [4.78, 5) is 2.35. The molecule has 1 aromatic rings. The molecule has 0 aliphatic heterocycles. The summed E-state index contributed by atoms with van der Waals surface area (Å²) in [5, 5.41) is 3.53. The fourth-order valence-corrected chi connectivity index (χ4v) is 2.27. The minimum absolute atomic E-state index is 0.168. The van der Waals surface area contributed by atoms with Crippen LogP contribution in [0.15, 0.2) is 18.2 Å². The second kappa shape index (κ2) is 6.42. The van der Waals surface area contributed by atoms with Gasteiger partial charge in [-0.2, -0.15) is 0 Å². The normalized spacial score (nSPS) is 12.0. The molecule has 0 heterocycles. The Morgan fingerprint density at radius 2 is 1.84 bits per heavy atom. The highest BCUT2D eigenvalue weighted by molar-refractivity contribution is 5.53. The first-order valence-electron chi connectivity index (χ1n) is 7.25. The van der Waals surface area contributed by atoms with E-state index in [0.29, 0.717) is 5.92 Å². The van der Waals surface area contributed by atoms with E-state index in [0.717, 1.165) is 13.1 Å². The van der Waals surface area contributed by atoms with Gasteiger partial charge < -0.3 is 10.2 Å². The van der Waals surface area contributed by atoms with Crippen molar-refractivity contribution in [3.05, 3.63) is 29.3 Å². The van der Waals surface area contributed by atoms with Crippen molar-refractivity contribution < 1.29 is 0 Å². The molecule has 2 nitrogen and oxygen atoms in total. The highest BCUT2D eigenvalue weighted by Crippen LogP contribution is 2.21. The van der Waals surface area contributed by atoms with Gasteiger partial charge in [0.15, 0.2) is 0 Å². The van der Waals surface area contributed by atoms with Gasteiger partial charge in [0.05, 0.1) is 0 Å². The molecule has 0 atom stereocenters. The van der Waals surface area contributed by atoms with Crippen LogP contribution < -0.4 is 10.2 Å². The first-order valence-corrected chi connectivity index (χ1v) is 7.25. The van der Waals surface area contributed by atoms with Crippen molar-refractivity contribution >= 4 is 5.69 Å². The van der Waals surface area contributed by atoms with Gasteiger partial charge in [-0.25, -0.2) is 0 Å². The molecule has 1 rings (SSSR count). The molecule has 108 valence electrons. The van der Waals surface area contributed by atoms with Crippen LogP contribution in [0.4, 0.5) is 5.69 Å². The van der Waals surface area contributed by atoms with E-state index in [2.05, 4.69) is 77.0 Å². The Morgan fingerprint density at radius 1 is 1.21 bits per heavy atom. The van der Waals surface area contributed by atoms with Crippen LogP contribution in [0.2, 0.25) is 0 Å². The smallest absolute Gasteiger partial charge is 0.0393 e. The molecule has 0 saturated carbocycles. The first kappa shape index (κ1) is 16.0. The van der Waals surface area contributed by atoms with E-state index in [-0.39, 0.29) is 5.54 Å². The van der Waals surface area contributed by atoms with Crippen molar-refractivity contribution in [3.8, 4) is 0 Å².